The molecule has 0 spiro atoms. The van der Waals surface area contributed by atoms with Crippen molar-refractivity contribution in [3.8, 4) is 0 Å². The van der Waals surface area contributed by atoms with Gasteiger partial charge < -0.3 is 31.3 Å². The summed E-state index contributed by atoms with van der Waals surface area (Å²) in [6.45, 7) is 1.48. The largest absolute Gasteiger partial charge is 0.508 e. The van der Waals surface area contributed by atoms with Gasteiger partial charge in [-0.3, -0.25) is 14.4 Å². The second-order valence-electron chi connectivity index (χ2n) is 8.61. The topological polar surface area (TPSA) is 178 Å². The molecule has 2 fully saturated rings. The number of hydrogen-bond acceptors (Lipinski definition) is 8. The molecule has 9 heteroatoms. The molecule has 7 atom stereocenters. The van der Waals surface area contributed by atoms with Crippen LogP contribution in [0.4, 0.5) is 0 Å². The average molecular weight is 405 g/mol. The standard InChI is InChI=1S/C20H23NO8/c1-19(28)8-3-2-4-10(22)12(8)15(24)13-9(19)5-7-6-11(23)14(18(21)27)17(26)20(7,29)16(13)25/h2,4,7-9,11,14,22-24,28-29H,3,5-6H2,1H3,(H2,21,27). The lowest BCUT2D eigenvalue weighted by molar-refractivity contribution is -0.179. The van der Waals surface area contributed by atoms with Crippen molar-refractivity contribution < 1.29 is 39.9 Å². The maximum atomic E-state index is 13.3. The first-order chi connectivity index (χ1) is 13.4. The minimum Gasteiger partial charge on any atom is -0.508 e. The van der Waals surface area contributed by atoms with Crippen molar-refractivity contribution in [2.24, 2.45) is 29.4 Å². The third-order valence-corrected chi connectivity index (χ3v) is 7.12. The lowest BCUT2D eigenvalue weighted by atomic mass is 9.52. The number of primary amides is 1. The number of carbonyl (C=O) groups excluding carboxylic acids is 3. The number of hydrogen-bond donors (Lipinski definition) is 6. The quantitative estimate of drug-likeness (QED) is 0.311. The van der Waals surface area contributed by atoms with Crippen LogP contribution in [0.1, 0.15) is 26.2 Å². The third kappa shape index (κ3) is 2.35. The first-order valence-electron chi connectivity index (χ1n) is 9.48. The molecule has 2 saturated carbocycles. The van der Waals surface area contributed by atoms with Gasteiger partial charge in [-0.1, -0.05) is 6.08 Å². The van der Waals surface area contributed by atoms with Crippen LogP contribution in [0.5, 0.6) is 0 Å². The molecule has 0 aromatic heterocycles. The van der Waals surface area contributed by atoms with Crippen LogP contribution in [0.3, 0.4) is 0 Å². The van der Waals surface area contributed by atoms with E-state index >= 15 is 0 Å². The van der Waals surface area contributed by atoms with Gasteiger partial charge in [0.2, 0.25) is 11.7 Å². The summed E-state index contributed by atoms with van der Waals surface area (Å²) >= 11 is 0. The highest BCUT2D eigenvalue weighted by Gasteiger charge is 2.67. The number of fused-ring (bicyclic) bond motifs is 3. The number of amides is 1. The highest BCUT2D eigenvalue weighted by atomic mass is 16.3. The Kier molecular flexibility index (Phi) is 4.10. The zero-order valence-corrected chi connectivity index (χ0v) is 15.7. The molecule has 0 heterocycles. The van der Waals surface area contributed by atoms with Gasteiger partial charge in [0.05, 0.1) is 11.7 Å². The van der Waals surface area contributed by atoms with Gasteiger partial charge in [-0.15, -0.1) is 0 Å². The second-order valence-corrected chi connectivity index (χ2v) is 8.61. The van der Waals surface area contributed by atoms with Crippen LogP contribution in [0.15, 0.2) is 34.8 Å². The molecule has 1 amide bonds. The second kappa shape index (κ2) is 6.01. The van der Waals surface area contributed by atoms with Crippen molar-refractivity contribution in [1.29, 1.82) is 0 Å². The van der Waals surface area contributed by atoms with E-state index in [1.54, 1.807) is 6.08 Å². The van der Waals surface area contributed by atoms with Crippen LogP contribution in [0, 0.1) is 23.7 Å². The Labute approximate surface area is 165 Å². The molecule has 0 bridgehead atoms. The van der Waals surface area contributed by atoms with Crippen molar-refractivity contribution >= 4 is 17.5 Å². The number of rotatable bonds is 1. The van der Waals surface area contributed by atoms with E-state index < -0.39 is 64.2 Å². The van der Waals surface area contributed by atoms with E-state index in [4.69, 9.17) is 5.73 Å². The summed E-state index contributed by atoms with van der Waals surface area (Å²) in [6.07, 6.45) is 1.53. The predicted octanol–water partition coefficient (Wildman–Crippen LogP) is -0.677. The number of aliphatic hydroxyl groups is 5. The van der Waals surface area contributed by atoms with Gasteiger partial charge in [-0.25, -0.2) is 0 Å². The summed E-state index contributed by atoms with van der Waals surface area (Å²) < 4.78 is 0. The SMILES string of the molecule is CC1(O)C2CC=CC(O)=C2C(O)=C2C(=O)C3(O)C(=O)C(C(N)=O)C(O)CC3CC21. The fraction of sp³-hybridized carbons (Fsp3) is 0.550. The number of allylic oxidation sites excluding steroid dienone is 3. The van der Waals surface area contributed by atoms with Crippen molar-refractivity contribution in [3.63, 3.8) is 0 Å². The van der Waals surface area contributed by atoms with Crippen molar-refractivity contribution in [3.05, 3.63) is 34.8 Å². The van der Waals surface area contributed by atoms with Crippen LogP contribution in [-0.4, -0.2) is 60.3 Å². The lowest BCUT2D eigenvalue weighted by Crippen LogP contribution is -2.68. The summed E-state index contributed by atoms with van der Waals surface area (Å²) in [4.78, 5) is 37.8. The van der Waals surface area contributed by atoms with E-state index in [0.29, 0.717) is 6.42 Å². The Balaban J connectivity index is 1.91. The Morgan fingerprint density at radius 2 is 1.79 bits per heavy atom. The molecule has 0 aliphatic heterocycles. The number of Topliss-reactive ketones (excluding diaryl/α,β-unsaturated/α-hetero) is 2. The van der Waals surface area contributed by atoms with Gasteiger partial charge in [0.1, 0.15) is 17.4 Å². The molecule has 4 aliphatic rings. The highest BCUT2D eigenvalue weighted by Crippen LogP contribution is 2.56. The minimum absolute atomic E-state index is 0.0195. The maximum absolute atomic E-state index is 13.3. The van der Waals surface area contributed by atoms with E-state index in [9.17, 15) is 39.9 Å². The van der Waals surface area contributed by atoms with Gasteiger partial charge >= 0.3 is 0 Å². The third-order valence-electron chi connectivity index (χ3n) is 7.12. The zero-order chi connectivity index (χ0) is 21.5. The Hall–Kier alpha value is -2.49. The lowest BCUT2D eigenvalue weighted by Gasteiger charge is -2.54. The molecule has 4 rings (SSSR count). The van der Waals surface area contributed by atoms with Crippen molar-refractivity contribution in [1.82, 2.24) is 0 Å². The Bertz CT molecular complexity index is 929. The summed E-state index contributed by atoms with van der Waals surface area (Å²) in [5, 5.41) is 53.7. The van der Waals surface area contributed by atoms with Gasteiger partial charge in [-0.2, -0.15) is 0 Å². The fourth-order valence-corrected chi connectivity index (χ4v) is 5.57. The van der Waals surface area contributed by atoms with Crippen LogP contribution < -0.4 is 5.73 Å². The molecule has 0 saturated heterocycles. The number of aliphatic hydroxyl groups excluding tert-OH is 3. The average Bonchev–Trinajstić information content (AvgIpc) is 2.62. The molecule has 0 aromatic carbocycles. The predicted molar refractivity (Wildman–Crippen MR) is 97.0 cm³/mol. The highest BCUT2D eigenvalue weighted by molar-refractivity contribution is 6.23. The zero-order valence-electron chi connectivity index (χ0n) is 15.7. The Morgan fingerprint density at radius 1 is 1.14 bits per heavy atom. The van der Waals surface area contributed by atoms with Crippen LogP contribution >= 0.6 is 0 Å². The number of nitrogens with two attached hydrogens (primary N) is 1. The van der Waals surface area contributed by atoms with Crippen LogP contribution in [-0.2, 0) is 14.4 Å². The van der Waals surface area contributed by atoms with E-state index in [-0.39, 0.29) is 29.7 Å². The van der Waals surface area contributed by atoms with E-state index in [2.05, 4.69) is 0 Å². The summed E-state index contributed by atoms with van der Waals surface area (Å²) in [5.41, 5.74) is 0.600. The van der Waals surface area contributed by atoms with E-state index in [0.717, 1.165) is 0 Å². The summed E-state index contributed by atoms with van der Waals surface area (Å²) in [5.74, 6) is -8.81. The van der Waals surface area contributed by atoms with Crippen LogP contribution in [0.2, 0.25) is 0 Å². The molecule has 9 nitrogen and oxygen atoms in total. The number of ketones is 2. The monoisotopic (exact) mass is 405 g/mol. The van der Waals surface area contributed by atoms with E-state index in [1.165, 1.54) is 13.0 Å². The van der Waals surface area contributed by atoms with Gasteiger partial charge in [0.15, 0.2) is 11.4 Å². The van der Waals surface area contributed by atoms with Gasteiger partial charge in [-0.05, 0) is 32.3 Å². The first-order valence-corrected chi connectivity index (χ1v) is 9.48. The van der Waals surface area contributed by atoms with Crippen molar-refractivity contribution in [2.45, 2.75) is 43.5 Å². The summed E-state index contributed by atoms with van der Waals surface area (Å²) in [7, 11) is 0. The normalized spacial score (nSPS) is 44.3. The van der Waals surface area contributed by atoms with Crippen LogP contribution in [0.25, 0.3) is 0 Å². The molecule has 29 heavy (non-hydrogen) atoms. The molecule has 7 N–H and O–H groups in total. The van der Waals surface area contributed by atoms with Crippen molar-refractivity contribution in [2.75, 3.05) is 0 Å². The smallest absolute Gasteiger partial charge is 0.230 e. The van der Waals surface area contributed by atoms with Gasteiger partial charge in [0, 0.05) is 28.9 Å². The Morgan fingerprint density at radius 3 is 2.41 bits per heavy atom. The molecular formula is C20H23NO8. The molecule has 156 valence electrons. The van der Waals surface area contributed by atoms with Gasteiger partial charge in [0.25, 0.3) is 0 Å². The number of carbonyl (C=O) groups is 3. The molecule has 7 unspecified atom stereocenters. The molecule has 0 radical (unpaired) electrons. The van der Waals surface area contributed by atoms with E-state index in [1.807, 2.05) is 0 Å². The fourth-order valence-electron chi connectivity index (χ4n) is 5.57. The molecular weight excluding hydrogens is 382 g/mol. The molecule has 0 aromatic rings. The minimum atomic E-state index is -2.65. The maximum Gasteiger partial charge on any atom is 0.230 e. The summed E-state index contributed by atoms with van der Waals surface area (Å²) in [6, 6.07) is 0. The molecule has 4 aliphatic carbocycles. The first kappa shape index (κ1) is 19.8.